The summed E-state index contributed by atoms with van der Waals surface area (Å²) < 4.78 is 33.2. The number of benzene rings is 3. The van der Waals surface area contributed by atoms with Crippen LogP contribution in [0, 0.1) is 27.2 Å². The van der Waals surface area contributed by atoms with Crippen LogP contribution in [-0.4, -0.2) is 25.4 Å². The van der Waals surface area contributed by atoms with Crippen LogP contribution in [0.1, 0.15) is 5.56 Å². The van der Waals surface area contributed by atoms with E-state index in [-0.39, 0.29) is 38.4 Å². The third-order valence-corrected chi connectivity index (χ3v) is 6.17. The minimum absolute atomic E-state index is 0.0314. The molecule has 14 heteroatoms. The first-order valence-corrected chi connectivity index (χ1v) is 11.2. The van der Waals surface area contributed by atoms with Gasteiger partial charge in [0.2, 0.25) is 0 Å². The molecule has 12 nitrogen and oxygen atoms in total. The minimum atomic E-state index is -4.16. The lowest BCUT2D eigenvalue weighted by atomic mass is 10.1. The van der Waals surface area contributed by atoms with Gasteiger partial charge in [0.15, 0.2) is 0 Å². The molecule has 0 aromatic heterocycles. The van der Waals surface area contributed by atoms with Crippen molar-refractivity contribution in [1.82, 2.24) is 0 Å². The fourth-order valence-corrected chi connectivity index (χ4v) is 4.11. The molecule has 0 unspecified atom stereocenters. The largest absolute Gasteiger partial charge is 0.494 e. The number of nitro groups is 2. The van der Waals surface area contributed by atoms with Crippen molar-refractivity contribution >= 4 is 50.1 Å². The normalized spacial score (nSPS) is 11.4. The molecule has 0 aliphatic rings. The Hall–Kier alpha value is -4.10. The van der Waals surface area contributed by atoms with Gasteiger partial charge in [0.1, 0.15) is 11.4 Å². The maximum Gasteiger partial charge on any atom is 0.271 e. The van der Waals surface area contributed by atoms with Crippen LogP contribution < -0.4 is 9.46 Å². The highest BCUT2D eigenvalue weighted by Gasteiger charge is 2.20. The van der Waals surface area contributed by atoms with Crippen LogP contribution in [0.5, 0.6) is 5.75 Å². The topological polar surface area (TPSA) is 166 Å². The van der Waals surface area contributed by atoms with E-state index in [2.05, 4.69) is 15.0 Å². The van der Waals surface area contributed by atoms with Crippen molar-refractivity contribution in [1.29, 1.82) is 0 Å². The molecular formula is C20H16ClN5O7S. The standard InChI is InChI=1S/C20H16ClN5O7S/c1-12-8-19(24-34(31,32)15-5-3-4-13(9-15)25(27)28)20(33-2)11-18(12)23-22-17-7-6-14(26(29)30)10-16(17)21/h3-11,24H,1-2H3. The summed E-state index contributed by atoms with van der Waals surface area (Å²) in [4.78, 5) is 20.2. The number of aryl methyl sites for hydroxylation is 1. The Bertz CT molecular complexity index is 1430. The molecule has 0 aliphatic heterocycles. The maximum atomic E-state index is 12.8. The van der Waals surface area contributed by atoms with Crippen LogP contribution in [0.4, 0.5) is 28.4 Å². The molecule has 0 radical (unpaired) electrons. The number of ether oxygens (including phenoxy) is 1. The summed E-state index contributed by atoms with van der Waals surface area (Å²) in [6, 6.07) is 11.2. The summed E-state index contributed by atoms with van der Waals surface area (Å²) in [7, 11) is -2.84. The Morgan fingerprint density at radius 1 is 0.941 bits per heavy atom. The second-order valence-corrected chi connectivity index (χ2v) is 8.88. The lowest BCUT2D eigenvalue weighted by Gasteiger charge is -2.14. The SMILES string of the molecule is COc1cc(N=Nc2ccc([N+](=O)[O-])cc2Cl)c(C)cc1NS(=O)(=O)c1cccc([N+](=O)[O-])c1. The van der Waals surface area contributed by atoms with Crippen LogP contribution in [0.25, 0.3) is 0 Å². The predicted octanol–water partition coefficient (Wildman–Crippen LogP) is 5.69. The second kappa shape index (κ2) is 9.80. The van der Waals surface area contributed by atoms with Crippen LogP contribution in [0.2, 0.25) is 5.02 Å². The third kappa shape index (κ3) is 5.44. The number of nitro benzene ring substituents is 2. The molecule has 0 fully saturated rings. The van der Waals surface area contributed by atoms with Crippen LogP contribution in [0.15, 0.2) is 69.7 Å². The zero-order chi connectivity index (χ0) is 25.0. The Kier molecular flexibility index (Phi) is 7.08. The van der Waals surface area contributed by atoms with E-state index in [1.165, 1.54) is 49.6 Å². The highest BCUT2D eigenvalue weighted by atomic mass is 35.5. The van der Waals surface area contributed by atoms with E-state index >= 15 is 0 Å². The number of nitrogens with zero attached hydrogens (tertiary/aromatic N) is 4. The smallest absolute Gasteiger partial charge is 0.271 e. The molecule has 0 saturated heterocycles. The minimum Gasteiger partial charge on any atom is -0.494 e. The van der Waals surface area contributed by atoms with E-state index in [0.29, 0.717) is 11.3 Å². The molecule has 0 bridgehead atoms. The van der Waals surface area contributed by atoms with Gasteiger partial charge in [-0.1, -0.05) is 17.7 Å². The number of halogens is 1. The second-order valence-electron chi connectivity index (χ2n) is 6.79. The molecular weight excluding hydrogens is 490 g/mol. The van der Waals surface area contributed by atoms with E-state index in [4.69, 9.17) is 16.3 Å². The van der Waals surface area contributed by atoms with Crippen LogP contribution in [0.3, 0.4) is 0 Å². The van der Waals surface area contributed by atoms with Crippen molar-refractivity contribution in [3.63, 3.8) is 0 Å². The first-order chi connectivity index (χ1) is 16.0. The molecule has 0 amide bonds. The average molecular weight is 506 g/mol. The Morgan fingerprint density at radius 2 is 1.59 bits per heavy atom. The summed E-state index contributed by atoms with van der Waals surface area (Å²) in [5, 5.41) is 29.9. The first-order valence-electron chi connectivity index (χ1n) is 9.33. The van der Waals surface area contributed by atoms with Gasteiger partial charge in [-0.25, -0.2) is 8.42 Å². The van der Waals surface area contributed by atoms with Crippen molar-refractivity contribution in [3.05, 3.63) is 85.4 Å². The molecule has 3 aromatic carbocycles. The number of rotatable bonds is 8. The van der Waals surface area contributed by atoms with Crippen molar-refractivity contribution < 1.29 is 23.0 Å². The molecule has 0 spiro atoms. The number of hydrogen-bond donors (Lipinski definition) is 1. The zero-order valence-electron chi connectivity index (χ0n) is 17.6. The van der Waals surface area contributed by atoms with Gasteiger partial charge in [0, 0.05) is 30.3 Å². The summed E-state index contributed by atoms with van der Waals surface area (Å²) in [5.74, 6) is 0.114. The van der Waals surface area contributed by atoms with Gasteiger partial charge in [-0.15, -0.1) is 5.11 Å². The van der Waals surface area contributed by atoms with Gasteiger partial charge in [-0.2, -0.15) is 5.11 Å². The third-order valence-electron chi connectivity index (χ3n) is 4.51. The monoisotopic (exact) mass is 505 g/mol. The van der Waals surface area contributed by atoms with E-state index in [0.717, 1.165) is 12.1 Å². The van der Waals surface area contributed by atoms with Crippen molar-refractivity contribution in [2.45, 2.75) is 11.8 Å². The molecule has 0 aliphatic carbocycles. The Labute approximate surface area is 198 Å². The van der Waals surface area contributed by atoms with Gasteiger partial charge in [-0.05, 0) is 30.7 Å². The van der Waals surface area contributed by atoms with E-state index in [9.17, 15) is 28.6 Å². The van der Waals surface area contributed by atoms with E-state index < -0.39 is 19.9 Å². The number of sulfonamides is 1. The molecule has 176 valence electrons. The zero-order valence-corrected chi connectivity index (χ0v) is 19.2. The van der Waals surface area contributed by atoms with Crippen molar-refractivity contribution in [2.75, 3.05) is 11.8 Å². The van der Waals surface area contributed by atoms with E-state index in [1.54, 1.807) is 6.92 Å². The quantitative estimate of drug-likeness (QED) is 0.233. The first kappa shape index (κ1) is 24.5. The molecule has 1 N–H and O–H groups in total. The highest BCUT2D eigenvalue weighted by molar-refractivity contribution is 7.92. The molecule has 0 heterocycles. The van der Waals surface area contributed by atoms with Gasteiger partial charge in [0.05, 0.1) is 38.2 Å². The summed E-state index contributed by atoms with van der Waals surface area (Å²) in [6.07, 6.45) is 0. The number of non-ortho nitro benzene ring substituents is 2. The number of methoxy groups -OCH3 is 1. The van der Waals surface area contributed by atoms with E-state index in [1.807, 2.05) is 0 Å². The predicted molar refractivity (Wildman–Crippen MR) is 124 cm³/mol. The maximum absolute atomic E-state index is 12.8. The number of azo groups is 1. The molecule has 3 aromatic rings. The lowest BCUT2D eigenvalue weighted by molar-refractivity contribution is -0.385. The molecule has 34 heavy (non-hydrogen) atoms. The molecule has 3 rings (SSSR count). The summed E-state index contributed by atoms with van der Waals surface area (Å²) in [5.41, 5.74) is 0.553. The fraction of sp³-hybridized carbons (Fsp3) is 0.100. The van der Waals surface area contributed by atoms with Gasteiger partial charge >= 0.3 is 0 Å². The molecule has 0 atom stereocenters. The summed E-state index contributed by atoms with van der Waals surface area (Å²) in [6.45, 7) is 1.65. The van der Waals surface area contributed by atoms with Gasteiger partial charge < -0.3 is 4.74 Å². The van der Waals surface area contributed by atoms with Crippen LogP contribution in [-0.2, 0) is 10.0 Å². The van der Waals surface area contributed by atoms with Crippen LogP contribution >= 0.6 is 11.6 Å². The van der Waals surface area contributed by atoms with Gasteiger partial charge in [0.25, 0.3) is 21.4 Å². The number of nitrogens with one attached hydrogen (secondary N) is 1. The Morgan fingerprint density at radius 3 is 2.21 bits per heavy atom. The van der Waals surface area contributed by atoms with Crippen molar-refractivity contribution in [3.8, 4) is 5.75 Å². The number of hydrogen-bond acceptors (Lipinski definition) is 9. The number of anilines is 1. The Balaban J connectivity index is 1.92. The molecule has 0 saturated carbocycles. The average Bonchev–Trinajstić information content (AvgIpc) is 2.79. The lowest BCUT2D eigenvalue weighted by Crippen LogP contribution is -2.14. The van der Waals surface area contributed by atoms with Gasteiger partial charge in [-0.3, -0.25) is 25.0 Å². The van der Waals surface area contributed by atoms with Crippen molar-refractivity contribution in [2.24, 2.45) is 10.2 Å². The fourth-order valence-electron chi connectivity index (χ4n) is 2.80. The highest BCUT2D eigenvalue weighted by Crippen LogP contribution is 2.36. The summed E-state index contributed by atoms with van der Waals surface area (Å²) >= 11 is 6.02.